The summed E-state index contributed by atoms with van der Waals surface area (Å²) in [6, 6.07) is 9.47. The van der Waals surface area contributed by atoms with Gasteiger partial charge in [0.2, 0.25) is 11.8 Å². The van der Waals surface area contributed by atoms with Crippen molar-refractivity contribution in [3.05, 3.63) is 57.3 Å². The normalized spacial score (nSPS) is 11.8. The first-order chi connectivity index (χ1) is 12.9. The van der Waals surface area contributed by atoms with E-state index < -0.39 is 0 Å². The van der Waals surface area contributed by atoms with Gasteiger partial charge in [0.25, 0.3) is 0 Å². The highest BCUT2D eigenvalue weighted by Gasteiger charge is 2.19. The Bertz CT molecular complexity index is 937. The van der Waals surface area contributed by atoms with E-state index in [9.17, 15) is 14.0 Å². The molecule has 2 aromatic heterocycles. The van der Waals surface area contributed by atoms with Gasteiger partial charge in [0, 0.05) is 22.2 Å². The average molecular weight is 404 g/mol. The molecule has 3 rings (SSSR count). The van der Waals surface area contributed by atoms with Crippen LogP contribution in [0.2, 0.25) is 0 Å². The molecule has 0 radical (unpaired) electrons. The molecule has 1 atom stereocenters. The molecule has 140 valence electrons. The summed E-state index contributed by atoms with van der Waals surface area (Å²) in [5, 5.41) is 7.98. The predicted octanol–water partition coefficient (Wildman–Crippen LogP) is 4.53. The molecule has 1 aromatic carbocycles. The van der Waals surface area contributed by atoms with E-state index in [0.717, 1.165) is 15.3 Å². The van der Waals surface area contributed by atoms with Crippen LogP contribution in [-0.4, -0.2) is 16.8 Å². The number of aryl methyl sites for hydroxylation is 1. The van der Waals surface area contributed by atoms with Gasteiger partial charge in [-0.1, -0.05) is 6.07 Å². The zero-order chi connectivity index (χ0) is 19.4. The Morgan fingerprint density at radius 2 is 1.96 bits per heavy atom. The predicted molar refractivity (Wildman–Crippen MR) is 106 cm³/mol. The van der Waals surface area contributed by atoms with Crippen molar-refractivity contribution in [2.45, 2.75) is 26.3 Å². The topological polar surface area (TPSA) is 71.1 Å². The van der Waals surface area contributed by atoms with E-state index in [2.05, 4.69) is 15.6 Å². The first-order valence-electron chi connectivity index (χ1n) is 8.26. The molecule has 2 N–H and O–H groups in total. The minimum Gasteiger partial charge on any atom is -0.348 e. The molecule has 0 fully saturated rings. The molecule has 5 nitrogen and oxygen atoms in total. The highest BCUT2D eigenvalue weighted by atomic mass is 32.1. The number of thiazole rings is 1. The van der Waals surface area contributed by atoms with Crippen molar-refractivity contribution in [2.75, 3.05) is 5.32 Å². The maximum Gasteiger partial charge on any atom is 0.228 e. The first-order valence-corrected chi connectivity index (χ1v) is 9.95. The Morgan fingerprint density at radius 1 is 1.22 bits per heavy atom. The van der Waals surface area contributed by atoms with Gasteiger partial charge in [-0.15, -0.1) is 22.7 Å². The van der Waals surface area contributed by atoms with Crippen LogP contribution in [0.4, 0.5) is 9.52 Å². The smallest absolute Gasteiger partial charge is 0.228 e. The number of hydrogen-bond donors (Lipinski definition) is 2. The van der Waals surface area contributed by atoms with E-state index in [0.29, 0.717) is 10.8 Å². The summed E-state index contributed by atoms with van der Waals surface area (Å²) < 4.78 is 13.1. The van der Waals surface area contributed by atoms with E-state index >= 15 is 0 Å². The van der Waals surface area contributed by atoms with Crippen LogP contribution in [0.15, 0.2) is 41.8 Å². The minimum absolute atomic E-state index is 0.116. The number of hydrogen-bond acceptors (Lipinski definition) is 5. The number of thiophene rings is 1. The molecule has 0 spiro atoms. The summed E-state index contributed by atoms with van der Waals surface area (Å²) in [4.78, 5) is 30.2. The van der Waals surface area contributed by atoms with Gasteiger partial charge >= 0.3 is 0 Å². The fourth-order valence-corrected chi connectivity index (χ4v) is 4.27. The van der Waals surface area contributed by atoms with Crippen molar-refractivity contribution >= 4 is 39.6 Å². The molecule has 0 bridgehead atoms. The lowest BCUT2D eigenvalue weighted by Crippen LogP contribution is -2.29. The number of nitrogens with zero attached hydrogens (tertiary/aromatic N) is 1. The number of aromatic nitrogens is 1. The Balaban J connectivity index is 1.71. The lowest BCUT2D eigenvalue weighted by atomic mass is 10.1. The van der Waals surface area contributed by atoms with Crippen LogP contribution < -0.4 is 10.6 Å². The number of carbonyl (C=O) groups is 2. The fraction of sp³-hybridized carbons (Fsp3) is 0.211. The Morgan fingerprint density at radius 3 is 2.59 bits per heavy atom. The SMILES string of the molecule is CC(=O)N[C@H](CC(=O)Nc1nc(-c2ccc(F)cc2)c(C)s1)c1cccs1. The van der Waals surface area contributed by atoms with Gasteiger partial charge < -0.3 is 10.6 Å². The summed E-state index contributed by atoms with van der Waals surface area (Å²) in [7, 11) is 0. The standard InChI is InChI=1S/C19H18FN3O2S2/c1-11-18(13-5-7-14(20)8-6-13)23-19(27-11)22-17(25)10-15(21-12(2)24)16-4-3-9-26-16/h3-9,15H,10H2,1-2H3,(H,21,24)(H,22,23,25)/t15-/m1/s1. The monoisotopic (exact) mass is 403 g/mol. The molecule has 0 saturated heterocycles. The molecule has 0 saturated carbocycles. The maximum atomic E-state index is 13.1. The van der Waals surface area contributed by atoms with Crippen LogP contribution in [0.25, 0.3) is 11.3 Å². The summed E-state index contributed by atoms with van der Waals surface area (Å²) in [5.41, 5.74) is 1.51. The van der Waals surface area contributed by atoms with E-state index in [4.69, 9.17) is 0 Å². The Hall–Kier alpha value is -2.58. The molecular formula is C19H18FN3O2S2. The molecule has 0 aliphatic heterocycles. The number of rotatable bonds is 6. The number of carbonyl (C=O) groups excluding carboxylic acids is 2. The molecule has 2 amide bonds. The molecule has 8 heteroatoms. The molecular weight excluding hydrogens is 385 g/mol. The van der Waals surface area contributed by atoms with Crippen molar-refractivity contribution < 1.29 is 14.0 Å². The molecule has 2 heterocycles. The third-order valence-electron chi connectivity index (χ3n) is 3.81. The van der Waals surface area contributed by atoms with Crippen molar-refractivity contribution in [1.29, 1.82) is 0 Å². The fourth-order valence-electron chi connectivity index (χ4n) is 2.64. The highest BCUT2D eigenvalue weighted by Crippen LogP contribution is 2.31. The number of benzene rings is 1. The number of amides is 2. The van der Waals surface area contributed by atoms with Gasteiger partial charge in [-0.2, -0.15) is 0 Å². The van der Waals surface area contributed by atoms with Crippen molar-refractivity contribution in [3.8, 4) is 11.3 Å². The second kappa shape index (κ2) is 8.41. The summed E-state index contributed by atoms with van der Waals surface area (Å²) in [6.45, 7) is 3.33. The second-order valence-corrected chi connectivity index (χ2v) is 8.13. The lowest BCUT2D eigenvalue weighted by molar-refractivity contribution is -0.120. The Labute approximate surface area is 164 Å². The van der Waals surface area contributed by atoms with Crippen LogP contribution in [0.5, 0.6) is 0 Å². The van der Waals surface area contributed by atoms with Gasteiger partial charge in [0.1, 0.15) is 5.82 Å². The molecule has 3 aromatic rings. The third kappa shape index (κ3) is 4.99. The van der Waals surface area contributed by atoms with Crippen LogP contribution in [0.3, 0.4) is 0 Å². The van der Waals surface area contributed by atoms with Crippen molar-refractivity contribution in [3.63, 3.8) is 0 Å². The minimum atomic E-state index is -0.375. The first kappa shape index (κ1) is 19.2. The third-order valence-corrected chi connectivity index (χ3v) is 5.69. The van der Waals surface area contributed by atoms with Gasteiger partial charge in [-0.3, -0.25) is 9.59 Å². The number of halogens is 1. The molecule has 0 aliphatic rings. The lowest BCUT2D eigenvalue weighted by Gasteiger charge is -2.15. The average Bonchev–Trinajstić information content (AvgIpc) is 3.24. The largest absolute Gasteiger partial charge is 0.348 e. The summed E-state index contributed by atoms with van der Waals surface area (Å²) in [6.07, 6.45) is 0.116. The number of anilines is 1. The van der Waals surface area contributed by atoms with Gasteiger partial charge in [0.05, 0.1) is 18.2 Å². The summed E-state index contributed by atoms with van der Waals surface area (Å²) >= 11 is 2.85. The van der Waals surface area contributed by atoms with Crippen molar-refractivity contribution in [1.82, 2.24) is 10.3 Å². The quantitative estimate of drug-likeness (QED) is 0.635. The van der Waals surface area contributed by atoms with Crippen LogP contribution in [0.1, 0.15) is 29.1 Å². The number of nitrogens with one attached hydrogen (secondary N) is 2. The highest BCUT2D eigenvalue weighted by molar-refractivity contribution is 7.16. The van der Waals surface area contributed by atoms with Gasteiger partial charge in [-0.25, -0.2) is 9.37 Å². The van der Waals surface area contributed by atoms with E-state index in [1.165, 1.54) is 41.7 Å². The van der Waals surface area contributed by atoms with Gasteiger partial charge in [0.15, 0.2) is 5.13 Å². The molecule has 27 heavy (non-hydrogen) atoms. The zero-order valence-electron chi connectivity index (χ0n) is 14.8. The van der Waals surface area contributed by atoms with Crippen LogP contribution >= 0.6 is 22.7 Å². The van der Waals surface area contributed by atoms with Crippen LogP contribution in [-0.2, 0) is 9.59 Å². The van der Waals surface area contributed by atoms with Crippen LogP contribution in [0, 0.1) is 12.7 Å². The zero-order valence-corrected chi connectivity index (χ0v) is 16.4. The van der Waals surface area contributed by atoms with Crippen molar-refractivity contribution in [2.24, 2.45) is 0 Å². The molecule has 0 aliphatic carbocycles. The Kier molecular flexibility index (Phi) is 5.98. The second-order valence-electron chi connectivity index (χ2n) is 5.95. The van der Waals surface area contributed by atoms with E-state index in [-0.39, 0.29) is 30.1 Å². The maximum absolute atomic E-state index is 13.1. The molecule has 0 unspecified atom stereocenters. The van der Waals surface area contributed by atoms with Gasteiger partial charge in [-0.05, 0) is 42.6 Å². The van der Waals surface area contributed by atoms with E-state index in [1.54, 1.807) is 12.1 Å². The summed E-state index contributed by atoms with van der Waals surface area (Å²) in [5.74, 6) is -0.732. The van der Waals surface area contributed by atoms with E-state index in [1.807, 2.05) is 24.4 Å².